The Morgan fingerprint density at radius 3 is 2.64 bits per heavy atom. The van der Waals surface area contributed by atoms with E-state index in [1.165, 1.54) is 6.33 Å². The second-order valence-corrected chi connectivity index (χ2v) is 6.98. The van der Waals surface area contributed by atoms with Gasteiger partial charge in [-0.15, -0.1) is 10.2 Å². The van der Waals surface area contributed by atoms with Crippen LogP contribution in [0.25, 0.3) is 5.65 Å². The lowest BCUT2D eigenvalue weighted by molar-refractivity contribution is -0.0221. The van der Waals surface area contributed by atoms with E-state index in [0.717, 1.165) is 0 Å². The molecule has 0 saturated carbocycles. The van der Waals surface area contributed by atoms with Crippen LogP contribution in [0.4, 0.5) is 25.2 Å². The molecule has 1 fully saturated rings. The van der Waals surface area contributed by atoms with Crippen molar-refractivity contribution < 1.29 is 18.3 Å². The number of nitrogens with one attached hydrogen (secondary N) is 1. The van der Waals surface area contributed by atoms with E-state index in [2.05, 4.69) is 20.5 Å². The van der Waals surface area contributed by atoms with Crippen LogP contribution >= 0.6 is 0 Å². The summed E-state index contributed by atoms with van der Waals surface area (Å²) in [5, 5.41) is 10.4. The molecule has 0 unspecified atom stereocenters. The summed E-state index contributed by atoms with van der Waals surface area (Å²) in [5.41, 5.74) is -0.202. The predicted molar refractivity (Wildman–Crippen MR) is 87.0 cm³/mol. The molecule has 0 aliphatic carbocycles. The number of nitrogens with zero attached hydrogens (tertiary/aromatic N) is 5. The van der Waals surface area contributed by atoms with E-state index < -0.39 is 17.6 Å². The van der Waals surface area contributed by atoms with E-state index in [-0.39, 0.29) is 31.7 Å². The first-order valence-electron chi connectivity index (χ1n) is 7.96. The lowest BCUT2D eigenvalue weighted by Gasteiger charge is -2.32. The average molecular weight is 354 g/mol. The van der Waals surface area contributed by atoms with Crippen molar-refractivity contribution in [3.8, 4) is 0 Å². The van der Waals surface area contributed by atoms with Crippen molar-refractivity contribution in [2.75, 3.05) is 23.3 Å². The number of alkyl halides is 2. The first-order valence-corrected chi connectivity index (χ1v) is 7.96. The molecule has 25 heavy (non-hydrogen) atoms. The van der Waals surface area contributed by atoms with Gasteiger partial charge in [-0.1, -0.05) is 0 Å². The van der Waals surface area contributed by atoms with E-state index in [1.807, 2.05) is 0 Å². The Kier molecular flexibility index (Phi) is 4.21. The smallest absolute Gasteiger partial charge is 0.413 e. The highest BCUT2D eigenvalue weighted by molar-refractivity contribution is 5.84. The van der Waals surface area contributed by atoms with Gasteiger partial charge in [0.15, 0.2) is 11.6 Å². The number of aromatic nitrogens is 4. The molecule has 0 aromatic carbocycles. The van der Waals surface area contributed by atoms with Crippen LogP contribution in [-0.2, 0) is 4.74 Å². The van der Waals surface area contributed by atoms with Crippen LogP contribution in [0.2, 0.25) is 0 Å². The molecule has 136 valence electrons. The minimum atomic E-state index is -2.66. The van der Waals surface area contributed by atoms with E-state index in [9.17, 15) is 13.6 Å². The Hall–Kier alpha value is -2.52. The molecule has 3 rings (SSSR count). The van der Waals surface area contributed by atoms with Gasteiger partial charge in [0.2, 0.25) is 5.65 Å². The molecule has 2 aromatic heterocycles. The monoisotopic (exact) mass is 354 g/mol. The van der Waals surface area contributed by atoms with Gasteiger partial charge in [-0.2, -0.15) is 0 Å². The summed E-state index contributed by atoms with van der Waals surface area (Å²) < 4.78 is 33.6. The highest BCUT2D eigenvalue weighted by Crippen LogP contribution is 2.31. The molecule has 10 heteroatoms. The number of fused-ring (bicyclic) bond motifs is 1. The lowest BCUT2D eigenvalue weighted by atomic mass is 10.1. The summed E-state index contributed by atoms with van der Waals surface area (Å²) >= 11 is 0. The second-order valence-electron chi connectivity index (χ2n) is 6.98. The molecule has 1 aliphatic heterocycles. The SMILES string of the molecule is CC(C)(C)OC(=O)Nc1cn2cnnc2c(N2CCC(F)(F)CC2)n1. The quantitative estimate of drug-likeness (QED) is 0.893. The number of halogens is 2. The van der Waals surface area contributed by atoms with Crippen molar-refractivity contribution in [2.45, 2.75) is 45.1 Å². The lowest BCUT2D eigenvalue weighted by Crippen LogP contribution is -2.40. The fraction of sp³-hybridized carbons (Fsp3) is 0.600. The molecular weight excluding hydrogens is 334 g/mol. The van der Waals surface area contributed by atoms with Crippen LogP contribution in [0, 0.1) is 0 Å². The Bertz CT molecular complexity index is 776. The maximum atomic E-state index is 13.4. The third kappa shape index (κ3) is 4.12. The number of hydrogen-bond donors (Lipinski definition) is 1. The number of ether oxygens (including phenoxy) is 1. The van der Waals surface area contributed by atoms with Gasteiger partial charge in [-0.05, 0) is 20.8 Å². The fourth-order valence-corrected chi connectivity index (χ4v) is 2.55. The fourth-order valence-electron chi connectivity index (χ4n) is 2.55. The largest absolute Gasteiger partial charge is 0.444 e. The van der Waals surface area contributed by atoms with Crippen LogP contribution in [0.15, 0.2) is 12.5 Å². The Morgan fingerprint density at radius 1 is 1.32 bits per heavy atom. The molecule has 1 aliphatic rings. The summed E-state index contributed by atoms with van der Waals surface area (Å²) in [6.45, 7) is 5.56. The van der Waals surface area contributed by atoms with Crippen molar-refractivity contribution in [1.29, 1.82) is 0 Å². The van der Waals surface area contributed by atoms with Crippen molar-refractivity contribution in [1.82, 2.24) is 19.6 Å². The maximum Gasteiger partial charge on any atom is 0.413 e. The molecule has 1 saturated heterocycles. The van der Waals surface area contributed by atoms with Crippen molar-refractivity contribution in [3.05, 3.63) is 12.5 Å². The van der Waals surface area contributed by atoms with E-state index >= 15 is 0 Å². The molecule has 2 aromatic rings. The summed E-state index contributed by atoms with van der Waals surface area (Å²) in [7, 11) is 0. The van der Waals surface area contributed by atoms with Crippen LogP contribution in [0.5, 0.6) is 0 Å². The number of carbonyl (C=O) groups is 1. The summed E-state index contributed by atoms with van der Waals surface area (Å²) in [6.07, 6.45) is 1.85. The summed E-state index contributed by atoms with van der Waals surface area (Å²) in [5.74, 6) is -2.03. The van der Waals surface area contributed by atoms with Crippen LogP contribution in [0.3, 0.4) is 0 Å². The third-order valence-electron chi connectivity index (χ3n) is 3.68. The van der Waals surface area contributed by atoms with Gasteiger partial charge in [-0.3, -0.25) is 9.72 Å². The van der Waals surface area contributed by atoms with Crippen molar-refractivity contribution in [2.24, 2.45) is 0 Å². The van der Waals surface area contributed by atoms with Gasteiger partial charge in [0.25, 0.3) is 5.92 Å². The van der Waals surface area contributed by atoms with E-state index in [1.54, 1.807) is 36.3 Å². The standard InChI is InChI=1S/C15H20F2N6O2/c1-14(2,3)25-13(24)20-10-8-23-9-18-21-12(23)11(19-10)22-6-4-15(16,17)5-7-22/h8-9H,4-7H2,1-3H3,(H,20,24). The zero-order chi connectivity index (χ0) is 18.2. The van der Waals surface area contributed by atoms with Crippen molar-refractivity contribution >= 4 is 23.4 Å². The number of rotatable bonds is 2. The molecule has 1 N–H and O–H groups in total. The molecule has 3 heterocycles. The summed E-state index contributed by atoms with van der Waals surface area (Å²) in [4.78, 5) is 18.0. The van der Waals surface area contributed by atoms with Crippen LogP contribution in [-0.4, -0.2) is 50.3 Å². The zero-order valence-corrected chi connectivity index (χ0v) is 14.3. The molecular formula is C15H20F2N6O2. The zero-order valence-electron chi connectivity index (χ0n) is 14.3. The highest BCUT2D eigenvalue weighted by Gasteiger charge is 2.35. The van der Waals surface area contributed by atoms with E-state index in [4.69, 9.17) is 4.74 Å². The van der Waals surface area contributed by atoms with Gasteiger partial charge in [0.05, 0.1) is 6.20 Å². The summed E-state index contributed by atoms with van der Waals surface area (Å²) in [6, 6.07) is 0. The topological polar surface area (TPSA) is 84.6 Å². The Morgan fingerprint density at radius 2 is 2.00 bits per heavy atom. The number of amides is 1. The highest BCUT2D eigenvalue weighted by atomic mass is 19.3. The van der Waals surface area contributed by atoms with Gasteiger partial charge in [0, 0.05) is 25.9 Å². The van der Waals surface area contributed by atoms with E-state index in [0.29, 0.717) is 11.5 Å². The number of carbonyl (C=O) groups excluding carboxylic acids is 1. The first kappa shape index (κ1) is 17.3. The van der Waals surface area contributed by atoms with Gasteiger partial charge < -0.3 is 9.64 Å². The molecule has 0 radical (unpaired) electrons. The predicted octanol–water partition coefficient (Wildman–Crippen LogP) is 2.71. The number of anilines is 2. The van der Waals surface area contributed by atoms with Crippen molar-refractivity contribution in [3.63, 3.8) is 0 Å². The third-order valence-corrected chi connectivity index (χ3v) is 3.68. The molecule has 0 bridgehead atoms. The van der Waals surface area contributed by atoms with Crippen LogP contribution < -0.4 is 10.2 Å². The Labute approximate surface area is 143 Å². The maximum absolute atomic E-state index is 13.4. The molecule has 0 atom stereocenters. The van der Waals surface area contributed by atoms with Gasteiger partial charge in [0.1, 0.15) is 11.9 Å². The second kappa shape index (κ2) is 6.08. The minimum absolute atomic E-state index is 0.151. The molecule has 8 nitrogen and oxygen atoms in total. The van der Waals surface area contributed by atoms with Gasteiger partial charge in [-0.25, -0.2) is 18.6 Å². The molecule has 1 amide bonds. The Balaban J connectivity index is 1.86. The minimum Gasteiger partial charge on any atom is -0.444 e. The average Bonchev–Trinajstić information content (AvgIpc) is 2.92. The normalized spacial score (nSPS) is 17.6. The van der Waals surface area contributed by atoms with Crippen LogP contribution in [0.1, 0.15) is 33.6 Å². The number of piperidine rings is 1. The number of hydrogen-bond acceptors (Lipinski definition) is 6. The first-order chi connectivity index (χ1) is 11.6. The van der Waals surface area contributed by atoms with Gasteiger partial charge >= 0.3 is 6.09 Å². The molecule has 0 spiro atoms.